The van der Waals surface area contributed by atoms with Gasteiger partial charge in [-0.25, -0.2) is 0 Å². The first-order chi connectivity index (χ1) is 11.3. The molecule has 1 aromatic heterocycles. The maximum absolute atomic E-state index is 5.71. The van der Waals surface area contributed by atoms with Crippen LogP contribution < -0.4 is 9.47 Å². The molecular weight excluding hydrogens is 342 g/mol. The molecule has 3 nitrogen and oxygen atoms in total. The zero-order chi connectivity index (χ0) is 15.6. The third-order valence-electron chi connectivity index (χ3n) is 4.95. The van der Waals surface area contributed by atoms with Gasteiger partial charge < -0.3 is 14.4 Å². The Kier molecular flexibility index (Phi) is 5.69. The first-order valence-electron chi connectivity index (χ1n) is 8.43. The molecule has 1 aromatic carbocycles. The summed E-state index contributed by atoms with van der Waals surface area (Å²) < 4.78 is 11.2. The number of hydrogen-bond donors (Lipinski definition) is 0. The molecule has 1 aliphatic heterocycles. The summed E-state index contributed by atoms with van der Waals surface area (Å²) in [6, 6.07) is 8.72. The predicted octanol–water partition coefficient (Wildman–Crippen LogP) is 4.49. The second-order valence-corrected chi connectivity index (χ2v) is 7.58. The Bertz CT molecular complexity index is 674. The minimum absolute atomic E-state index is 0. The van der Waals surface area contributed by atoms with Gasteiger partial charge in [0.1, 0.15) is 0 Å². The second-order valence-electron chi connectivity index (χ2n) is 6.55. The van der Waals surface area contributed by atoms with Gasteiger partial charge in [-0.3, -0.25) is 0 Å². The smallest absolute Gasteiger partial charge is 0.231 e. The van der Waals surface area contributed by atoms with E-state index in [-0.39, 0.29) is 12.4 Å². The van der Waals surface area contributed by atoms with Gasteiger partial charge in [-0.15, -0.1) is 23.7 Å². The Morgan fingerprint density at radius 3 is 3.00 bits per heavy atom. The van der Waals surface area contributed by atoms with E-state index in [1.54, 1.807) is 0 Å². The third-order valence-corrected chi connectivity index (χ3v) is 5.89. The van der Waals surface area contributed by atoms with Crippen molar-refractivity contribution in [1.82, 2.24) is 4.90 Å². The quantitative estimate of drug-likeness (QED) is 0.779. The highest BCUT2D eigenvalue weighted by molar-refractivity contribution is 7.09. The molecule has 0 saturated carbocycles. The van der Waals surface area contributed by atoms with E-state index >= 15 is 0 Å². The number of rotatable bonds is 5. The number of halogens is 1. The zero-order valence-electron chi connectivity index (χ0n) is 14.0. The van der Waals surface area contributed by atoms with Crippen molar-refractivity contribution in [3.05, 3.63) is 45.6 Å². The van der Waals surface area contributed by atoms with Gasteiger partial charge in [-0.1, -0.05) is 12.1 Å². The van der Waals surface area contributed by atoms with Crippen molar-refractivity contribution in [2.75, 3.05) is 26.9 Å². The SMILES string of the molecule is CN(CCc1cccs1)CC1CCCc2c1ccc1c2OCO1.Cl. The lowest BCUT2D eigenvalue weighted by atomic mass is 9.82. The van der Waals surface area contributed by atoms with Crippen molar-refractivity contribution < 1.29 is 9.47 Å². The molecule has 0 bridgehead atoms. The van der Waals surface area contributed by atoms with Crippen LogP contribution in [0, 0.1) is 0 Å². The average molecular weight is 366 g/mol. The topological polar surface area (TPSA) is 21.7 Å². The number of ether oxygens (including phenoxy) is 2. The predicted molar refractivity (Wildman–Crippen MR) is 101 cm³/mol. The van der Waals surface area contributed by atoms with Gasteiger partial charge in [0.15, 0.2) is 11.5 Å². The third kappa shape index (κ3) is 3.56. The lowest BCUT2D eigenvalue weighted by Crippen LogP contribution is -2.28. The van der Waals surface area contributed by atoms with Crippen molar-refractivity contribution in [1.29, 1.82) is 0 Å². The van der Waals surface area contributed by atoms with E-state index in [4.69, 9.17) is 9.47 Å². The molecule has 0 amide bonds. The van der Waals surface area contributed by atoms with E-state index in [9.17, 15) is 0 Å². The fourth-order valence-electron chi connectivity index (χ4n) is 3.78. The number of benzene rings is 1. The van der Waals surface area contributed by atoms with Crippen LogP contribution in [0.2, 0.25) is 0 Å². The van der Waals surface area contributed by atoms with Crippen LogP contribution in [-0.4, -0.2) is 31.8 Å². The Balaban J connectivity index is 0.00000169. The van der Waals surface area contributed by atoms with Crippen molar-refractivity contribution in [3.63, 3.8) is 0 Å². The van der Waals surface area contributed by atoms with Crippen LogP contribution >= 0.6 is 23.7 Å². The van der Waals surface area contributed by atoms with Crippen LogP contribution in [0.5, 0.6) is 11.5 Å². The van der Waals surface area contributed by atoms with Crippen molar-refractivity contribution in [3.8, 4) is 11.5 Å². The lowest BCUT2D eigenvalue weighted by molar-refractivity contribution is 0.173. The molecule has 5 heteroatoms. The molecule has 1 aliphatic carbocycles. The highest BCUT2D eigenvalue weighted by atomic mass is 35.5. The zero-order valence-corrected chi connectivity index (χ0v) is 15.6. The fraction of sp³-hybridized carbons (Fsp3) is 0.474. The number of nitrogens with zero attached hydrogens (tertiary/aromatic N) is 1. The van der Waals surface area contributed by atoms with Crippen molar-refractivity contribution in [2.24, 2.45) is 0 Å². The van der Waals surface area contributed by atoms with Gasteiger partial charge in [0.2, 0.25) is 6.79 Å². The molecular formula is C19H24ClNO2S. The molecule has 0 radical (unpaired) electrons. The largest absolute Gasteiger partial charge is 0.454 e. The second kappa shape index (κ2) is 7.77. The van der Waals surface area contributed by atoms with E-state index in [1.165, 1.54) is 28.8 Å². The van der Waals surface area contributed by atoms with Crippen LogP contribution in [0.15, 0.2) is 29.6 Å². The highest BCUT2D eigenvalue weighted by Crippen LogP contribution is 2.44. The van der Waals surface area contributed by atoms with Crippen LogP contribution in [0.1, 0.15) is 34.8 Å². The van der Waals surface area contributed by atoms with Crippen LogP contribution in [0.4, 0.5) is 0 Å². The molecule has 1 atom stereocenters. The summed E-state index contributed by atoms with van der Waals surface area (Å²) in [5.41, 5.74) is 2.87. The number of thiophene rings is 1. The molecule has 0 spiro atoms. The van der Waals surface area contributed by atoms with Gasteiger partial charge >= 0.3 is 0 Å². The molecule has 0 fully saturated rings. The molecule has 130 valence electrons. The van der Waals surface area contributed by atoms with E-state index in [0.29, 0.717) is 12.7 Å². The number of likely N-dealkylation sites (N-methyl/N-ethyl adjacent to an activating group) is 1. The van der Waals surface area contributed by atoms with Gasteiger partial charge in [0, 0.05) is 23.5 Å². The molecule has 4 rings (SSSR count). The Hall–Kier alpha value is -1.23. The van der Waals surface area contributed by atoms with Crippen molar-refractivity contribution in [2.45, 2.75) is 31.6 Å². The summed E-state index contributed by atoms with van der Waals surface area (Å²) in [4.78, 5) is 3.95. The van der Waals surface area contributed by atoms with Gasteiger partial charge in [-0.05, 0) is 61.7 Å². The normalized spacial score (nSPS) is 18.3. The van der Waals surface area contributed by atoms with E-state index in [2.05, 4.69) is 41.6 Å². The summed E-state index contributed by atoms with van der Waals surface area (Å²) in [5.74, 6) is 2.55. The maximum Gasteiger partial charge on any atom is 0.231 e. The average Bonchev–Trinajstić information content (AvgIpc) is 3.24. The van der Waals surface area contributed by atoms with E-state index in [0.717, 1.165) is 37.4 Å². The first kappa shape index (κ1) is 17.6. The van der Waals surface area contributed by atoms with Crippen LogP contribution in [-0.2, 0) is 12.8 Å². The minimum atomic E-state index is 0. The molecule has 2 aromatic rings. The standard InChI is InChI=1S/C19H23NO2S.ClH/c1-20(10-9-15-5-3-11-23-15)12-14-4-2-6-17-16(14)7-8-18-19(17)22-13-21-18;/h3,5,7-8,11,14H,2,4,6,9-10,12-13H2,1H3;1H. The monoisotopic (exact) mass is 365 g/mol. The summed E-state index contributed by atoms with van der Waals surface area (Å²) >= 11 is 1.86. The molecule has 2 aliphatic rings. The Morgan fingerprint density at radius 2 is 2.17 bits per heavy atom. The fourth-order valence-corrected chi connectivity index (χ4v) is 4.48. The van der Waals surface area contributed by atoms with Gasteiger partial charge in [0.05, 0.1) is 0 Å². The van der Waals surface area contributed by atoms with Crippen LogP contribution in [0.3, 0.4) is 0 Å². The summed E-state index contributed by atoms with van der Waals surface area (Å²) in [6.07, 6.45) is 4.79. The molecule has 2 heterocycles. The molecule has 1 unspecified atom stereocenters. The summed E-state index contributed by atoms with van der Waals surface area (Å²) in [5, 5.41) is 2.16. The summed E-state index contributed by atoms with van der Waals surface area (Å²) in [6.45, 7) is 2.62. The van der Waals surface area contributed by atoms with E-state index < -0.39 is 0 Å². The minimum Gasteiger partial charge on any atom is -0.454 e. The maximum atomic E-state index is 5.71. The lowest BCUT2D eigenvalue weighted by Gasteiger charge is -2.30. The van der Waals surface area contributed by atoms with Gasteiger partial charge in [-0.2, -0.15) is 0 Å². The van der Waals surface area contributed by atoms with E-state index in [1.807, 2.05) is 11.3 Å². The summed E-state index contributed by atoms with van der Waals surface area (Å²) in [7, 11) is 2.24. The highest BCUT2D eigenvalue weighted by Gasteiger charge is 2.28. The Morgan fingerprint density at radius 1 is 1.25 bits per heavy atom. The van der Waals surface area contributed by atoms with Crippen LogP contribution in [0.25, 0.3) is 0 Å². The Labute approximate surface area is 154 Å². The van der Waals surface area contributed by atoms with Crippen molar-refractivity contribution >= 4 is 23.7 Å². The molecule has 0 N–H and O–H groups in total. The van der Waals surface area contributed by atoms with Gasteiger partial charge in [0.25, 0.3) is 0 Å². The molecule has 0 saturated heterocycles. The molecule has 24 heavy (non-hydrogen) atoms. The number of fused-ring (bicyclic) bond motifs is 3. The first-order valence-corrected chi connectivity index (χ1v) is 9.31. The number of hydrogen-bond acceptors (Lipinski definition) is 4.